The number of hydrogen-bond acceptors (Lipinski definition) is 2. The average Bonchev–Trinajstić information content (AvgIpc) is 2.21. The lowest BCUT2D eigenvalue weighted by molar-refractivity contribution is 0.0971. The van der Waals surface area contributed by atoms with Gasteiger partial charge in [0.15, 0.2) is 5.78 Å². The Hall–Kier alpha value is -1.15. The smallest absolute Gasteiger partial charge is 0.164 e. The first kappa shape index (κ1) is 12.9. The van der Waals surface area contributed by atoms with Crippen molar-refractivity contribution in [2.45, 2.75) is 40.2 Å². The van der Waals surface area contributed by atoms with Crippen LogP contribution >= 0.6 is 0 Å². The Balaban J connectivity index is 2.76. The molecule has 0 radical (unpaired) electrons. The molecule has 0 fully saturated rings. The van der Waals surface area contributed by atoms with Crippen LogP contribution in [-0.4, -0.2) is 18.4 Å². The van der Waals surface area contributed by atoms with E-state index in [9.17, 15) is 4.79 Å². The molecule has 2 heteroatoms. The van der Waals surface area contributed by atoms with Gasteiger partial charge in [-0.15, -0.1) is 0 Å². The summed E-state index contributed by atoms with van der Waals surface area (Å²) in [6.45, 7) is 9.02. The van der Waals surface area contributed by atoms with Crippen LogP contribution in [0.25, 0.3) is 0 Å². The monoisotopic (exact) mass is 219 g/mol. The molecule has 1 rings (SSSR count). The molecule has 88 valence electrons. The molecule has 1 unspecified atom stereocenters. The summed E-state index contributed by atoms with van der Waals surface area (Å²) in [6, 6.07) is 6.29. The van der Waals surface area contributed by atoms with E-state index in [1.807, 2.05) is 39.0 Å². The van der Waals surface area contributed by atoms with Crippen LogP contribution in [0.4, 0.5) is 0 Å². The summed E-state index contributed by atoms with van der Waals surface area (Å²) in [5.74, 6) is 0.231. The van der Waals surface area contributed by atoms with Crippen molar-refractivity contribution < 1.29 is 4.79 Å². The highest BCUT2D eigenvalue weighted by Crippen LogP contribution is 2.13. The second-order valence-corrected chi connectivity index (χ2v) is 4.40. The molecule has 0 saturated carbocycles. The second-order valence-electron chi connectivity index (χ2n) is 4.40. The predicted octanol–water partition coefficient (Wildman–Crippen LogP) is 2.87. The maximum Gasteiger partial charge on any atom is 0.164 e. The normalized spacial score (nSPS) is 12.5. The van der Waals surface area contributed by atoms with Crippen LogP contribution in [0.5, 0.6) is 0 Å². The minimum atomic E-state index is 0.231. The molecular weight excluding hydrogens is 198 g/mol. The highest BCUT2D eigenvalue weighted by atomic mass is 16.1. The lowest BCUT2D eigenvalue weighted by Crippen LogP contribution is -2.28. The van der Waals surface area contributed by atoms with Gasteiger partial charge in [0.05, 0.1) is 0 Å². The number of aryl methyl sites for hydroxylation is 2. The lowest BCUT2D eigenvalue weighted by atomic mass is 9.98. The number of hydrogen-bond donors (Lipinski definition) is 1. The van der Waals surface area contributed by atoms with Gasteiger partial charge in [0.1, 0.15) is 0 Å². The third-order valence-corrected chi connectivity index (χ3v) is 2.74. The number of nitrogens with one attached hydrogen (secondary N) is 1. The molecule has 1 aromatic carbocycles. The van der Waals surface area contributed by atoms with Crippen molar-refractivity contribution in [3.63, 3.8) is 0 Å². The molecular formula is C14H21NO. The van der Waals surface area contributed by atoms with E-state index in [0.29, 0.717) is 6.42 Å². The number of rotatable bonds is 5. The Labute approximate surface area is 98.1 Å². The van der Waals surface area contributed by atoms with Crippen LogP contribution in [0.1, 0.15) is 41.8 Å². The Bertz CT molecular complexity index is 371. The number of ketones is 1. The molecule has 2 nitrogen and oxygen atoms in total. The minimum Gasteiger partial charge on any atom is -0.314 e. The van der Waals surface area contributed by atoms with Gasteiger partial charge in [0, 0.05) is 18.0 Å². The van der Waals surface area contributed by atoms with Gasteiger partial charge in [-0.2, -0.15) is 0 Å². The maximum absolute atomic E-state index is 12.1. The van der Waals surface area contributed by atoms with Gasteiger partial charge in [0.2, 0.25) is 0 Å². The van der Waals surface area contributed by atoms with Crippen LogP contribution < -0.4 is 5.32 Å². The lowest BCUT2D eigenvalue weighted by Gasteiger charge is -2.12. The van der Waals surface area contributed by atoms with E-state index in [-0.39, 0.29) is 11.8 Å². The fourth-order valence-corrected chi connectivity index (χ4v) is 1.84. The summed E-state index contributed by atoms with van der Waals surface area (Å²) in [7, 11) is 0. The zero-order chi connectivity index (χ0) is 12.1. The maximum atomic E-state index is 12.1. The fraction of sp³-hybridized carbons (Fsp3) is 0.500. The van der Waals surface area contributed by atoms with Crippen molar-refractivity contribution in [3.8, 4) is 0 Å². The number of carbonyl (C=O) groups is 1. The van der Waals surface area contributed by atoms with E-state index in [4.69, 9.17) is 0 Å². The predicted molar refractivity (Wildman–Crippen MR) is 68.0 cm³/mol. The van der Waals surface area contributed by atoms with Gasteiger partial charge in [-0.3, -0.25) is 4.79 Å². The van der Waals surface area contributed by atoms with E-state index in [0.717, 1.165) is 23.2 Å². The molecule has 0 saturated heterocycles. The van der Waals surface area contributed by atoms with Gasteiger partial charge >= 0.3 is 0 Å². The van der Waals surface area contributed by atoms with Crippen molar-refractivity contribution in [1.29, 1.82) is 0 Å². The first-order chi connectivity index (χ1) is 7.54. The van der Waals surface area contributed by atoms with Crippen LogP contribution in [-0.2, 0) is 0 Å². The molecule has 0 bridgehead atoms. The fourth-order valence-electron chi connectivity index (χ4n) is 1.84. The van der Waals surface area contributed by atoms with Crippen LogP contribution in [0.3, 0.4) is 0 Å². The topological polar surface area (TPSA) is 29.1 Å². The molecule has 0 aliphatic rings. The molecule has 1 atom stereocenters. The molecule has 0 aliphatic carbocycles. The van der Waals surface area contributed by atoms with Crippen molar-refractivity contribution >= 4 is 5.78 Å². The highest BCUT2D eigenvalue weighted by Gasteiger charge is 2.12. The molecule has 0 aromatic heterocycles. The molecule has 16 heavy (non-hydrogen) atoms. The summed E-state index contributed by atoms with van der Waals surface area (Å²) in [5, 5.41) is 3.26. The Kier molecular flexibility index (Phi) is 4.69. The Morgan fingerprint density at radius 1 is 1.38 bits per heavy atom. The minimum absolute atomic E-state index is 0.231. The average molecular weight is 219 g/mol. The molecule has 0 heterocycles. The van der Waals surface area contributed by atoms with Crippen molar-refractivity contribution in [2.75, 3.05) is 6.54 Å². The van der Waals surface area contributed by atoms with Gasteiger partial charge < -0.3 is 5.32 Å². The largest absolute Gasteiger partial charge is 0.314 e. The van der Waals surface area contributed by atoms with Crippen molar-refractivity contribution in [2.24, 2.45) is 0 Å². The second kappa shape index (κ2) is 5.80. The first-order valence-corrected chi connectivity index (χ1v) is 5.88. The van der Waals surface area contributed by atoms with E-state index in [1.165, 1.54) is 0 Å². The SMILES string of the molecule is CCNC(C)CC(=O)c1cc(C)ccc1C. The number of benzene rings is 1. The third kappa shape index (κ3) is 3.46. The quantitative estimate of drug-likeness (QED) is 0.771. The van der Waals surface area contributed by atoms with Crippen LogP contribution in [0.15, 0.2) is 18.2 Å². The first-order valence-electron chi connectivity index (χ1n) is 5.88. The Morgan fingerprint density at radius 3 is 2.69 bits per heavy atom. The van der Waals surface area contributed by atoms with Crippen LogP contribution in [0, 0.1) is 13.8 Å². The summed E-state index contributed by atoms with van der Waals surface area (Å²) < 4.78 is 0. The third-order valence-electron chi connectivity index (χ3n) is 2.74. The Morgan fingerprint density at radius 2 is 2.06 bits per heavy atom. The van der Waals surface area contributed by atoms with Gasteiger partial charge in [-0.25, -0.2) is 0 Å². The van der Waals surface area contributed by atoms with Gasteiger partial charge in [-0.05, 0) is 38.9 Å². The number of carbonyl (C=O) groups excluding carboxylic acids is 1. The summed E-state index contributed by atoms with van der Waals surface area (Å²) in [5.41, 5.74) is 3.08. The molecule has 1 N–H and O–H groups in total. The zero-order valence-electron chi connectivity index (χ0n) is 10.6. The zero-order valence-corrected chi connectivity index (χ0v) is 10.6. The highest BCUT2D eigenvalue weighted by molar-refractivity contribution is 5.97. The standard InChI is InChI=1S/C14H21NO/c1-5-15-12(4)9-14(16)13-8-10(2)6-7-11(13)3/h6-8,12,15H,5,9H2,1-4H3. The summed E-state index contributed by atoms with van der Waals surface area (Å²) >= 11 is 0. The van der Waals surface area contributed by atoms with Gasteiger partial charge in [-0.1, -0.05) is 24.6 Å². The van der Waals surface area contributed by atoms with Crippen molar-refractivity contribution in [3.05, 3.63) is 34.9 Å². The van der Waals surface area contributed by atoms with Crippen molar-refractivity contribution in [1.82, 2.24) is 5.32 Å². The van der Waals surface area contributed by atoms with E-state index < -0.39 is 0 Å². The summed E-state index contributed by atoms with van der Waals surface area (Å²) in [6.07, 6.45) is 0.568. The van der Waals surface area contributed by atoms with E-state index in [2.05, 4.69) is 12.2 Å². The van der Waals surface area contributed by atoms with E-state index in [1.54, 1.807) is 0 Å². The molecule has 1 aromatic rings. The molecule has 0 amide bonds. The number of Topliss-reactive ketones (excluding diaryl/α,β-unsaturated/α-hetero) is 1. The van der Waals surface area contributed by atoms with Gasteiger partial charge in [0.25, 0.3) is 0 Å². The summed E-state index contributed by atoms with van der Waals surface area (Å²) in [4.78, 5) is 12.1. The molecule has 0 aliphatic heterocycles. The van der Waals surface area contributed by atoms with E-state index >= 15 is 0 Å². The van der Waals surface area contributed by atoms with Crippen LogP contribution in [0.2, 0.25) is 0 Å². The molecule has 0 spiro atoms.